The van der Waals surface area contributed by atoms with Gasteiger partial charge in [0.15, 0.2) is 0 Å². The first-order chi connectivity index (χ1) is 9.02. The van der Waals surface area contributed by atoms with E-state index in [-0.39, 0.29) is 0 Å². The number of rotatable bonds is 4. The normalized spacial score (nSPS) is 10.7. The summed E-state index contributed by atoms with van der Waals surface area (Å²) in [4.78, 5) is 16.1. The van der Waals surface area contributed by atoms with Crippen molar-refractivity contribution in [2.75, 3.05) is 0 Å². The molecule has 1 heterocycles. The Morgan fingerprint density at radius 1 is 1.32 bits per heavy atom. The van der Waals surface area contributed by atoms with Gasteiger partial charge in [0.05, 0.1) is 5.69 Å². The number of carboxylic acid groups (broad SMARTS) is 1. The van der Waals surface area contributed by atoms with E-state index in [1.165, 1.54) is 22.5 Å². The monoisotopic (exact) mass is 275 g/mol. The zero-order valence-corrected chi connectivity index (χ0v) is 12.2. The lowest BCUT2D eigenvalue weighted by Gasteiger charge is -2.01. The Morgan fingerprint density at radius 3 is 2.63 bits per heavy atom. The number of benzene rings is 1. The molecule has 0 aliphatic rings. The molecule has 100 valence electrons. The van der Waals surface area contributed by atoms with Crippen LogP contribution in [-0.4, -0.2) is 16.1 Å². The lowest BCUT2D eigenvalue weighted by molar-refractivity contribution is 0.0700. The highest BCUT2D eigenvalue weighted by molar-refractivity contribution is 7.17. The Kier molecular flexibility index (Phi) is 4.00. The zero-order valence-electron chi connectivity index (χ0n) is 11.4. The van der Waals surface area contributed by atoms with Crippen LogP contribution in [0.15, 0.2) is 18.2 Å². The molecule has 0 radical (unpaired) electrons. The summed E-state index contributed by atoms with van der Waals surface area (Å²) in [5, 5.41) is 10.0. The van der Waals surface area contributed by atoms with Gasteiger partial charge in [0, 0.05) is 5.56 Å². The van der Waals surface area contributed by atoms with Crippen LogP contribution in [0.25, 0.3) is 10.6 Å². The van der Waals surface area contributed by atoms with Gasteiger partial charge in [-0.15, -0.1) is 11.3 Å². The van der Waals surface area contributed by atoms with Crippen LogP contribution in [0.5, 0.6) is 0 Å². The van der Waals surface area contributed by atoms with Crippen LogP contribution in [0.2, 0.25) is 0 Å². The van der Waals surface area contributed by atoms with Crippen LogP contribution in [0, 0.1) is 13.8 Å². The zero-order chi connectivity index (χ0) is 14.0. The smallest absolute Gasteiger partial charge is 0.347 e. The van der Waals surface area contributed by atoms with Crippen molar-refractivity contribution < 1.29 is 9.90 Å². The second-order valence-electron chi connectivity index (χ2n) is 4.65. The maximum Gasteiger partial charge on any atom is 0.347 e. The summed E-state index contributed by atoms with van der Waals surface area (Å²) < 4.78 is 0. The molecule has 0 fully saturated rings. The SMILES string of the molecule is CCCc1nc(-c2ccc(C)c(C)c2)sc1C(=O)O. The molecule has 3 nitrogen and oxygen atoms in total. The molecule has 19 heavy (non-hydrogen) atoms. The molecular formula is C15H17NO2S. The van der Waals surface area contributed by atoms with Crippen molar-refractivity contribution in [3.63, 3.8) is 0 Å². The van der Waals surface area contributed by atoms with Gasteiger partial charge in [-0.3, -0.25) is 0 Å². The second kappa shape index (κ2) is 5.53. The molecule has 0 atom stereocenters. The molecule has 1 N–H and O–H groups in total. The van der Waals surface area contributed by atoms with Crippen molar-refractivity contribution in [1.82, 2.24) is 4.98 Å². The van der Waals surface area contributed by atoms with E-state index in [4.69, 9.17) is 0 Å². The second-order valence-corrected chi connectivity index (χ2v) is 5.65. The highest BCUT2D eigenvalue weighted by Crippen LogP contribution is 2.30. The molecule has 0 saturated heterocycles. The van der Waals surface area contributed by atoms with Crippen LogP contribution in [0.3, 0.4) is 0 Å². The first kappa shape index (κ1) is 13.7. The third-order valence-electron chi connectivity index (χ3n) is 3.13. The molecule has 2 rings (SSSR count). The third-order valence-corrected chi connectivity index (χ3v) is 4.27. The van der Waals surface area contributed by atoms with Gasteiger partial charge in [-0.2, -0.15) is 0 Å². The summed E-state index contributed by atoms with van der Waals surface area (Å²) in [6.45, 7) is 6.14. The average molecular weight is 275 g/mol. The summed E-state index contributed by atoms with van der Waals surface area (Å²) >= 11 is 1.26. The van der Waals surface area contributed by atoms with E-state index in [9.17, 15) is 9.90 Å². The van der Waals surface area contributed by atoms with Crippen LogP contribution in [-0.2, 0) is 6.42 Å². The molecule has 0 aliphatic heterocycles. The number of aromatic carboxylic acids is 1. The number of carbonyl (C=O) groups is 1. The van der Waals surface area contributed by atoms with Gasteiger partial charge >= 0.3 is 5.97 Å². The minimum Gasteiger partial charge on any atom is -0.477 e. The van der Waals surface area contributed by atoms with Crippen LogP contribution < -0.4 is 0 Å². The van der Waals surface area contributed by atoms with E-state index < -0.39 is 5.97 Å². The molecular weight excluding hydrogens is 258 g/mol. The standard InChI is InChI=1S/C15H17NO2S/c1-4-5-12-13(15(17)18)19-14(16-12)11-7-6-9(2)10(3)8-11/h6-8H,4-5H2,1-3H3,(H,17,18). The predicted molar refractivity (Wildman–Crippen MR) is 78.0 cm³/mol. The lowest BCUT2D eigenvalue weighted by Crippen LogP contribution is -1.98. The molecule has 0 amide bonds. The first-order valence-electron chi connectivity index (χ1n) is 6.33. The number of carboxylic acids is 1. The van der Waals surface area contributed by atoms with E-state index >= 15 is 0 Å². The van der Waals surface area contributed by atoms with Gasteiger partial charge in [0.25, 0.3) is 0 Å². The number of thiazole rings is 1. The summed E-state index contributed by atoms with van der Waals surface area (Å²) in [5.74, 6) is -0.879. The third kappa shape index (κ3) is 2.84. The number of nitrogens with zero attached hydrogens (tertiary/aromatic N) is 1. The van der Waals surface area contributed by atoms with Crippen molar-refractivity contribution >= 4 is 17.3 Å². The Balaban J connectivity index is 2.47. The van der Waals surface area contributed by atoms with Crippen LogP contribution in [0.4, 0.5) is 0 Å². The Morgan fingerprint density at radius 2 is 2.05 bits per heavy atom. The molecule has 0 bridgehead atoms. The fourth-order valence-corrected chi connectivity index (χ4v) is 2.87. The van der Waals surface area contributed by atoms with Crippen molar-refractivity contribution in [2.45, 2.75) is 33.6 Å². The van der Waals surface area contributed by atoms with Gasteiger partial charge in [0.1, 0.15) is 9.88 Å². The first-order valence-corrected chi connectivity index (χ1v) is 7.15. The Labute approximate surface area is 116 Å². The summed E-state index contributed by atoms with van der Waals surface area (Å²) in [6, 6.07) is 6.12. The van der Waals surface area contributed by atoms with Gasteiger partial charge < -0.3 is 5.11 Å². The Bertz CT molecular complexity index is 617. The topological polar surface area (TPSA) is 50.2 Å². The van der Waals surface area contributed by atoms with Crippen molar-refractivity contribution in [3.05, 3.63) is 39.9 Å². The molecule has 4 heteroatoms. The fraction of sp³-hybridized carbons (Fsp3) is 0.333. The number of aryl methyl sites for hydroxylation is 3. The van der Waals surface area contributed by atoms with Crippen molar-refractivity contribution in [1.29, 1.82) is 0 Å². The minimum atomic E-state index is -0.879. The maximum atomic E-state index is 11.2. The number of aromatic nitrogens is 1. The van der Waals surface area contributed by atoms with Gasteiger partial charge in [-0.1, -0.05) is 25.5 Å². The van der Waals surface area contributed by atoms with Gasteiger partial charge in [-0.25, -0.2) is 9.78 Å². The molecule has 0 unspecified atom stereocenters. The summed E-state index contributed by atoms with van der Waals surface area (Å²) in [5.41, 5.74) is 4.13. The van der Waals surface area contributed by atoms with Gasteiger partial charge in [0.2, 0.25) is 0 Å². The molecule has 0 saturated carbocycles. The van der Waals surface area contributed by atoms with Crippen LogP contribution in [0.1, 0.15) is 39.8 Å². The van der Waals surface area contributed by atoms with E-state index in [1.54, 1.807) is 0 Å². The van der Waals surface area contributed by atoms with E-state index in [2.05, 4.69) is 24.9 Å². The highest BCUT2D eigenvalue weighted by atomic mass is 32.1. The number of hydrogen-bond acceptors (Lipinski definition) is 3. The summed E-state index contributed by atoms with van der Waals surface area (Å²) in [6.07, 6.45) is 1.61. The maximum absolute atomic E-state index is 11.2. The minimum absolute atomic E-state index is 0.370. The molecule has 1 aromatic carbocycles. The number of hydrogen-bond donors (Lipinski definition) is 1. The van der Waals surface area contributed by atoms with Crippen LogP contribution >= 0.6 is 11.3 Å². The van der Waals surface area contributed by atoms with Crippen molar-refractivity contribution in [2.24, 2.45) is 0 Å². The predicted octanol–water partition coefficient (Wildman–Crippen LogP) is 4.08. The fourth-order valence-electron chi connectivity index (χ4n) is 1.92. The molecule has 2 aromatic rings. The van der Waals surface area contributed by atoms with E-state index in [0.717, 1.165) is 17.0 Å². The molecule has 0 spiro atoms. The summed E-state index contributed by atoms with van der Waals surface area (Å²) in [7, 11) is 0. The van der Waals surface area contributed by atoms with Crippen molar-refractivity contribution in [3.8, 4) is 10.6 Å². The van der Waals surface area contributed by atoms with E-state index in [1.807, 2.05) is 19.1 Å². The molecule has 1 aromatic heterocycles. The average Bonchev–Trinajstić information content (AvgIpc) is 2.77. The Hall–Kier alpha value is -1.68. The molecule has 0 aliphatic carbocycles. The quantitative estimate of drug-likeness (QED) is 0.914. The largest absolute Gasteiger partial charge is 0.477 e. The highest BCUT2D eigenvalue weighted by Gasteiger charge is 2.17. The lowest BCUT2D eigenvalue weighted by atomic mass is 10.1. The van der Waals surface area contributed by atoms with E-state index in [0.29, 0.717) is 17.0 Å². The van der Waals surface area contributed by atoms with Gasteiger partial charge in [-0.05, 0) is 37.5 Å².